The van der Waals surface area contributed by atoms with Crippen molar-refractivity contribution in [2.75, 3.05) is 0 Å². The van der Waals surface area contributed by atoms with Crippen molar-refractivity contribution in [1.82, 2.24) is 14.3 Å². The van der Waals surface area contributed by atoms with E-state index in [0.717, 1.165) is 10.6 Å². The molecule has 2 rings (SSSR count). The quantitative estimate of drug-likeness (QED) is 0.704. The van der Waals surface area contributed by atoms with Crippen LogP contribution in [0.5, 0.6) is 0 Å². The Morgan fingerprint density at radius 1 is 1.25 bits per heavy atom. The van der Waals surface area contributed by atoms with Crippen molar-refractivity contribution in [3.8, 4) is 10.6 Å². The van der Waals surface area contributed by atoms with E-state index in [1.165, 1.54) is 11.5 Å². The van der Waals surface area contributed by atoms with Crippen LogP contribution in [0, 0.1) is 0 Å². The average molecular weight is 198 g/mol. The third kappa shape index (κ3) is 1.44. The van der Waals surface area contributed by atoms with Gasteiger partial charge in [-0.05, 0) is 35.3 Å². The fourth-order valence-corrected chi connectivity index (χ4v) is 1.63. The van der Waals surface area contributed by atoms with E-state index in [9.17, 15) is 0 Å². The molecule has 0 saturated heterocycles. The third-order valence-electron chi connectivity index (χ3n) is 1.33. The predicted octanol–water partition coefficient (Wildman–Crippen LogP) is 2.25. The lowest BCUT2D eigenvalue weighted by Crippen LogP contribution is -1.75. The summed E-state index contributed by atoms with van der Waals surface area (Å²) in [5.74, 6) is 0. The molecule has 2 aromatic rings. The summed E-state index contributed by atoms with van der Waals surface area (Å²) in [7, 11) is 0. The maximum Gasteiger partial charge on any atom is 0.234 e. The van der Waals surface area contributed by atoms with Gasteiger partial charge < -0.3 is 0 Å². The molecule has 0 aromatic carbocycles. The second-order valence-electron chi connectivity index (χ2n) is 2.10. The van der Waals surface area contributed by atoms with Crippen molar-refractivity contribution in [3.63, 3.8) is 0 Å². The van der Waals surface area contributed by atoms with Crippen LogP contribution in [0.25, 0.3) is 10.6 Å². The molecule has 0 amide bonds. The molecule has 2 heterocycles. The van der Waals surface area contributed by atoms with Crippen LogP contribution in [0.3, 0.4) is 0 Å². The zero-order valence-electron chi connectivity index (χ0n) is 5.94. The molecule has 0 saturated carbocycles. The van der Waals surface area contributed by atoms with E-state index in [0.29, 0.717) is 5.28 Å². The fourth-order valence-electron chi connectivity index (χ4n) is 0.817. The van der Waals surface area contributed by atoms with Gasteiger partial charge in [0.25, 0.3) is 0 Å². The number of rotatable bonds is 1. The molecule has 0 aliphatic carbocycles. The van der Waals surface area contributed by atoms with Gasteiger partial charge in [-0.3, -0.25) is 4.98 Å². The van der Waals surface area contributed by atoms with Crippen molar-refractivity contribution in [2.24, 2.45) is 0 Å². The largest absolute Gasteiger partial charge is 0.265 e. The molecule has 0 N–H and O–H groups in total. The maximum absolute atomic E-state index is 5.58. The van der Waals surface area contributed by atoms with Crippen molar-refractivity contribution in [1.29, 1.82) is 0 Å². The van der Waals surface area contributed by atoms with Crippen LogP contribution in [-0.4, -0.2) is 14.3 Å². The Morgan fingerprint density at radius 2 is 2.00 bits per heavy atom. The number of hydrogen-bond donors (Lipinski definition) is 0. The second-order valence-corrected chi connectivity index (χ2v) is 3.19. The molecule has 0 atom stereocenters. The Balaban J connectivity index is 2.45. The van der Waals surface area contributed by atoms with Gasteiger partial charge in [-0.2, -0.15) is 4.37 Å². The van der Waals surface area contributed by atoms with Gasteiger partial charge in [0.15, 0.2) is 0 Å². The highest BCUT2D eigenvalue weighted by Crippen LogP contribution is 2.21. The van der Waals surface area contributed by atoms with Gasteiger partial charge in [0.2, 0.25) is 5.28 Å². The van der Waals surface area contributed by atoms with Gasteiger partial charge in [-0.25, -0.2) is 4.98 Å². The summed E-state index contributed by atoms with van der Waals surface area (Å²) >= 11 is 6.86. The third-order valence-corrected chi connectivity index (χ3v) is 2.36. The number of hydrogen-bond acceptors (Lipinski definition) is 4. The number of pyridine rings is 1. The molecule has 0 radical (unpaired) electrons. The van der Waals surface area contributed by atoms with Gasteiger partial charge in [-0.15, -0.1) is 0 Å². The Hall–Kier alpha value is -1.00. The van der Waals surface area contributed by atoms with E-state index in [-0.39, 0.29) is 0 Å². The summed E-state index contributed by atoms with van der Waals surface area (Å²) in [4.78, 5) is 7.93. The molecule has 12 heavy (non-hydrogen) atoms. The SMILES string of the molecule is Clc1nsc(-c2ccncc2)n1. The molecule has 60 valence electrons. The minimum atomic E-state index is 0.298. The van der Waals surface area contributed by atoms with E-state index in [1.807, 2.05) is 12.1 Å². The molecule has 0 bridgehead atoms. The average Bonchev–Trinajstić information content (AvgIpc) is 2.54. The molecular weight excluding hydrogens is 194 g/mol. The highest BCUT2D eigenvalue weighted by atomic mass is 35.5. The fraction of sp³-hybridized carbons (Fsp3) is 0. The van der Waals surface area contributed by atoms with Crippen molar-refractivity contribution < 1.29 is 0 Å². The summed E-state index contributed by atoms with van der Waals surface area (Å²) in [5.41, 5.74) is 0.995. The van der Waals surface area contributed by atoms with E-state index >= 15 is 0 Å². The first kappa shape index (κ1) is 7.64. The lowest BCUT2D eigenvalue weighted by molar-refractivity contribution is 1.30. The van der Waals surface area contributed by atoms with Crippen LogP contribution in [0.2, 0.25) is 5.28 Å². The summed E-state index contributed by atoms with van der Waals surface area (Å²) in [6, 6.07) is 3.74. The highest BCUT2D eigenvalue weighted by Gasteiger charge is 2.02. The first-order chi connectivity index (χ1) is 5.86. The molecule has 3 nitrogen and oxygen atoms in total. The monoisotopic (exact) mass is 197 g/mol. The zero-order chi connectivity index (χ0) is 8.39. The standard InChI is InChI=1S/C7H4ClN3S/c8-7-10-6(12-11-7)5-1-3-9-4-2-5/h1-4H. The van der Waals surface area contributed by atoms with Crippen LogP contribution in [-0.2, 0) is 0 Å². The first-order valence-electron chi connectivity index (χ1n) is 3.26. The highest BCUT2D eigenvalue weighted by molar-refractivity contribution is 7.09. The topological polar surface area (TPSA) is 38.7 Å². The van der Waals surface area contributed by atoms with Crippen LogP contribution < -0.4 is 0 Å². The van der Waals surface area contributed by atoms with Crippen LogP contribution in [0.15, 0.2) is 24.5 Å². The molecular formula is C7H4ClN3S. The molecule has 5 heteroatoms. The summed E-state index contributed by atoms with van der Waals surface area (Å²) in [5, 5.41) is 1.12. The molecule has 2 aromatic heterocycles. The molecule has 0 spiro atoms. The van der Waals surface area contributed by atoms with Gasteiger partial charge in [0.05, 0.1) is 0 Å². The Bertz CT molecular complexity index is 373. The van der Waals surface area contributed by atoms with Gasteiger partial charge >= 0.3 is 0 Å². The number of nitrogens with zero attached hydrogens (tertiary/aromatic N) is 3. The maximum atomic E-state index is 5.58. The summed E-state index contributed by atoms with van der Waals surface area (Å²) < 4.78 is 3.87. The number of halogens is 1. The smallest absolute Gasteiger partial charge is 0.234 e. The molecule has 0 aliphatic rings. The van der Waals surface area contributed by atoms with Gasteiger partial charge in [-0.1, -0.05) is 0 Å². The summed E-state index contributed by atoms with van der Waals surface area (Å²) in [6.45, 7) is 0. The van der Waals surface area contributed by atoms with Crippen LogP contribution >= 0.6 is 23.1 Å². The van der Waals surface area contributed by atoms with Crippen LogP contribution in [0.4, 0.5) is 0 Å². The summed E-state index contributed by atoms with van der Waals surface area (Å²) in [6.07, 6.45) is 3.43. The van der Waals surface area contributed by atoms with E-state index < -0.39 is 0 Å². The Kier molecular flexibility index (Phi) is 2.01. The van der Waals surface area contributed by atoms with E-state index in [1.54, 1.807) is 12.4 Å². The van der Waals surface area contributed by atoms with Crippen molar-refractivity contribution in [2.45, 2.75) is 0 Å². The second kappa shape index (κ2) is 3.16. The predicted molar refractivity (Wildman–Crippen MR) is 48.2 cm³/mol. The van der Waals surface area contributed by atoms with E-state index in [2.05, 4.69) is 14.3 Å². The Labute approximate surface area is 78.2 Å². The van der Waals surface area contributed by atoms with Crippen molar-refractivity contribution >= 4 is 23.1 Å². The molecule has 0 fully saturated rings. The first-order valence-corrected chi connectivity index (χ1v) is 4.41. The minimum absolute atomic E-state index is 0.298. The lowest BCUT2D eigenvalue weighted by atomic mass is 10.3. The normalized spacial score (nSPS) is 10.1. The van der Waals surface area contributed by atoms with Gasteiger partial charge in [0.1, 0.15) is 5.01 Å². The lowest BCUT2D eigenvalue weighted by Gasteiger charge is -1.90. The Morgan fingerprint density at radius 3 is 2.58 bits per heavy atom. The number of aromatic nitrogens is 3. The van der Waals surface area contributed by atoms with Crippen molar-refractivity contribution in [3.05, 3.63) is 29.8 Å². The van der Waals surface area contributed by atoms with E-state index in [4.69, 9.17) is 11.6 Å². The molecule has 0 unspecified atom stereocenters. The van der Waals surface area contributed by atoms with Crippen LogP contribution in [0.1, 0.15) is 0 Å². The molecule has 0 aliphatic heterocycles. The zero-order valence-corrected chi connectivity index (χ0v) is 7.51. The van der Waals surface area contributed by atoms with Gasteiger partial charge in [0, 0.05) is 18.0 Å². The minimum Gasteiger partial charge on any atom is -0.265 e.